The van der Waals surface area contributed by atoms with E-state index in [4.69, 9.17) is 4.74 Å². The van der Waals surface area contributed by atoms with Gasteiger partial charge < -0.3 is 4.74 Å². The molecule has 0 radical (unpaired) electrons. The zero-order valence-electron chi connectivity index (χ0n) is 4.69. The molecule has 1 aliphatic heterocycles. The summed E-state index contributed by atoms with van der Waals surface area (Å²) < 4.78 is 6.66. The third-order valence-electron chi connectivity index (χ3n) is 1.18. The lowest BCUT2D eigenvalue weighted by Gasteiger charge is -2.05. The lowest BCUT2D eigenvalue weighted by molar-refractivity contribution is 0.222. The van der Waals surface area contributed by atoms with E-state index in [1.807, 2.05) is 0 Å². The summed E-state index contributed by atoms with van der Waals surface area (Å²) in [6.45, 7) is 0.573. The average molecular weight is 123 g/mol. The van der Waals surface area contributed by atoms with Crippen LogP contribution in [0.15, 0.2) is 12.5 Å². The van der Waals surface area contributed by atoms with Crippen LogP contribution in [0.4, 0.5) is 0 Å². The molecular weight excluding hydrogens is 118 g/mol. The Morgan fingerprint density at radius 2 is 2.67 bits per heavy atom. The van der Waals surface area contributed by atoms with Crippen LogP contribution in [0.3, 0.4) is 0 Å². The summed E-state index contributed by atoms with van der Waals surface area (Å²) in [4.78, 5) is 0. The molecule has 0 atom stereocenters. The Balaban J connectivity index is 2.53. The van der Waals surface area contributed by atoms with Crippen LogP contribution in [0.2, 0.25) is 0 Å². The first kappa shape index (κ1) is 4.55. The minimum atomic E-state index is 0.573. The van der Waals surface area contributed by atoms with Crippen LogP contribution in [0, 0.1) is 0 Å². The monoisotopic (exact) mass is 123 g/mol. The van der Waals surface area contributed by atoms with E-state index >= 15 is 0 Å². The molecular formula is C5H5N3O. The van der Waals surface area contributed by atoms with Gasteiger partial charge in [0.15, 0.2) is 0 Å². The number of aromatic nitrogens is 3. The molecule has 0 aliphatic carbocycles. The summed E-state index contributed by atoms with van der Waals surface area (Å²) in [7, 11) is 0. The zero-order chi connectivity index (χ0) is 6.10. The van der Waals surface area contributed by atoms with Crippen LogP contribution in [0.25, 0.3) is 6.20 Å². The summed E-state index contributed by atoms with van der Waals surface area (Å²) in [6.07, 6.45) is 5.01. The van der Waals surface area contributed by atoms with Crippen LogP contribution in [-0.2, 0) is 11.3 Å². The van der Waals surface area contributed by atoms with Crippen molar-refractivity contribution in [1.82, 2.24) is 15.0 Å². The Kier molecular flexibility index (Phi) is 0.798. The smallest absolute Gasteiger partial charge is 0.131 e. The summed E-state index contributed by atoms with van der Waals surface area (Å²) >= 11 is 0. The molecule has 1 aliphatic rings. The molecule has 0 fully saturated rings. The molecule has 0 spiro atoms. The zero-order valence-corrected chi connectivity index (χ0v) is 4.69. The lowest BCUT2D eigenvalue weighted by atomic mass is 10.5. The highest BCUT2D eigenvalue weighted by atomic mass is 16.5. The predicted molar refractivity (Wildman–Crippen MR) is 30.1 cm³/mol. The van der Waals surface area contributed by atoms with E-state index < -0.39 is 0 Å². The number of rotatable bonds is 0. The Labute approximate surface area is 51.7 Å². The van der Waals surface area contributed by atoms with Crippen molar-refractivity contribution < 1.29 is 4.74 Å². The molecule has 4 nitrogen and oxygen atoms in total. The van der Waals surface area contributed by atoms with E-state index in [1.165, 1.54) is 0 Å². The van der Waals surface area contributed by atoms with Gasteiger partial charge in [0.2, 0.25) is 0 Å². The normalized spacial score (nSPS) is 14.7. The van der Waals surface area contributed by atoms with Crippen molar-refractivity contribution in [2.75, 3.05) is 0 Å². The maximum absolute atomic E-state index is 4.97. The van der Waals surface area contributed by atoms with E-state index in [1.54, 1.807) is 23.3 Å². The second-order valence-corrected chi connectivity index (χ2v) is 1.77. The number of hydrogen-bond acceptors (Lipinski definition) is 3. The molecule has 46 valence electrons. The minimum Gasteiger partial charge on any atom is -0.493 e. The van der Waals surface area contributed by atoms with Crippen molar-refractivity contribution in [3.05, 3.63) is 18.2 Å². The van der Waals surface area contributed by atoms with Crippen molar-refractivity contribution >= 4 is 6.20 Å². The summed E-state index contributed by atoms with van der Waals surface area (Å²) in [5.74, 6) is 0. The highest BCUT2D eigenvalue weighted by Gasteiger charge is 2.03. The molecule has 0 amide bonds. The predicted octanol–water partition coefficient (Wildman–Crippen LogP) is 0.237. The van der Waals surface area contributed by atoms with Crippen LogP contribution >= 0.6 is 0 Å². The van der Waals surface area contributed by atoms with E-state index in [0.29, 0.717) is 6.61 Å². The van der Waals surface area contributed by atoms with Crippen molar-refractivity contribution in [2.45, 2.75) is 6.61 Å². The van der Waals surface area contributed by atoms with Gasteiger partial charge in [0.1, 0.15) is 18.6 Å². The molecule has 0 bridgehead atoms. The highest BCUT2D eigenvalue weighted by molar-refractivity contribution is 5.22. The van der Waals surface area contributed by atoms with Crippen molar-refractivity contribution in [2.24, 2.45) is 0 Å². The first-order valence-electron chi connectivity index (χ1n) is 2.64. The minimum absolute atomic E-state index is 0.573. The fraction of sp³-hybridized carbons (Fsp3) is 0.200. The largest absolute Gasteiger partial charge is 0.493 e. The van der Waals surface area contributed by atoms with Gasteiger partial charge in [-0.25, -0.2) is 4.68 Å². The van der Waals surface area contributed by atoms with Crippen LogP contribution < -0.4 is 0 Å². The summed E-state index contributed by atoms with van der Waals surface area (Å²) in [5, 5.41) is 7.44. The van der Waals surface area contributed by atoms with Gasteiger partial charge in [0, 0.05) is 0 Å². The summed E-state index contributed by atoms with van der Waals surface area (Å²) in [6, 6.07) is 0. The van der Waals surface area contributed by atoms with Gasteiger partial charge in [-0.3, -0.25) is 0 Å². The van der Waals surface area contributed by atoms with Crippen molar-refractivity contribution in [3.8, 4) is 0 Å². The van der Waals surface area contributed by atoms with E-state index in [0.717, 1.165) is 5.69 Å². The molecule has 1 aromatic rings. The van der Waals surface area contributed by atoms with Gasteiger partial charge >= 0.3 is 0 Å². The topological polar surface area (TPSA) is 39.9 Å². The molecule has 4 heteroatoms. The highest BCUT2D eigenvalue weighted by Crippen LogP contribution is 2.04. The quantitative estimate of drug-likeness (QED) is 0.496. The third kappa shape index (κ3) is 0.595. The second-order valence-electron chi connectivity index (χ2n) is 1.77. The fourth-order valence-electron chi connectivity index (χ4n) is 0.728. The molecule has 2 rings (SSSR count). The Morgan fingerprint density at radius 1 is 1.67 bits per heavy atom. The van der Waals surface area contributed by atoms with E-state index in [2.05, 4.69) is 10.3 Å². The average Bonchev–Trinajstić information content (AvgIpc) is 2.33. The number of ether oxygens (including phenoxy) is 1. The van der Waals surface area contributed by atoms with Gasteiger partial charge in [0.25, 0.3) is 0 Å². The maximum Gasteiger partial charge on any atom is 0.131 e. The molecule has 2 heterocycles. The Morgan fingerprint density at radius 3 is 3.56 bits per heavy atom. The number of fused-ring (bicyclic) bond motifs is 1. The molecule has 0 saturated carbocycles. The number of hydrogen-bond donors (Lipinski definition) is 0. The second kappa shape index (κ2) is 1.58. The first-order chi connectivity index (χ1) is 4.47. The molecule has 0 unspecified atom stereocenters. The van der Waals surface area contributed by atoms with Gasteiger partial charge in [-0.2, -0.15) is 0 Å². The van der Waals surface area contributed by atoms with Crippen molar-refractivity contribution in [1.29, 1.82) is 0 Å². The van der Waals surface area contributed by atoms with E-state index in [9.17, 15) is 0 Å². The molecule has 9 heavy (non-hydrogen) atoms. The number of nitrogens with zero attached hydrogens (tertiary/aromatic N) is 3. The molecule has 0 saturated heterocycles. The molecule has 1 aromatic heterocycles. The lowest BCUT2D eigenvalue weighted by Crippen LogP contribution is -2.02. The van der Waals surface area contributed by atoms with Gasteiger partial charge in [-0.15, -0.1) is 5.10 Å². The van der Waals surface area contributed by atoms with Crippen LogP contribution in [0.1, 0.15) is 5.69 Å². The van der Waals surface area contributed by atoms with Crippen LogP contribution in [0.5, 0.6) is 0 Å². The Hall–Kier alpha value is -1.32. The molecule has 0 aromatic carbocycles. The fourth-order valence-corrected chi connectivity index (χ4v) is 0.728. The van der Waals surface area contributed by atoms with Crippen molar-refractivity contribution in [3.63, 3.8) is 0 Å². The maximum atomic E-state index is 4.97. The summed E-state index contributed by atoms with van der Waals surface area (Å²) in [5.41, 5.74) is 0.984. The van der Waals surface area contributed by atoms with Crippen LogP contribution in [-0.4, -0.2) is 15.0 Å². The third-order valence-corrected chi connectivity index (χ3v) is 1.18. The Bertz CT molecular complexity index is 240. The van der Waals surface area contributed by atoms with E-state index in [-0.39, 0.29) is 0 Å². The van der Waals surface area contributed by atoms with Gasteiger partial charge in [-0.1, -0.05) is 5.21 Å². The standard InChI is InChI=1S/C5H5N3O/c1-2-9-4-5-3-6-7-8(1)5/h1-3H,4H2. The first-order valence-corrected chi connectivity index (χ1v) is 2.64. The van der Waals surface area contributed by atoms with Gasteiger partial charge in [-0.05, 0) is 0 Å². The SMILES string of the molecule is C1=Cn2nncc2CO1. The van der Waals surface area contributed by atoms with Gasteiger partial charge in [0.05, 0.1) is 12.4 Å². The molecule has 0 N–H and O–H groups in total.